The molecule has 6 nitrogen and oxygen atoms in total. The van der Waals surface area contributed by atoms with Gasteiger partial charge in [0.25, 0.3) is 0 Å². The standard InChI is InChI=1S/C22H19F3N2O4/c1-15(8-9-17-10-12-19(13-11-17)31-22(23,24)25)26-30-14-18-6-4-5-7-20(18)21(16(2)28)27-29-3/h4-7,10-13H,14H2,1-3H3/b26-15+,27-21-. The second-order valence-corrected chi connectivity index (χ2v) is 6.11. The van der Waals surface area contributed by atoms with Crippen molar-refractivity contribution >= 4 is 17.2 Å². The zero-order valence-electron chi connectivity index (χ0n) is 17.0. The van der Waals surface area contributed by atoms with Crippen molar-refractivity contribution in [3.8, 4) is 17.6 Å². The van der Waals surface area contributed by atoms with Gasteiger partial charge in [-0.2, -0.15) is 0 Å². The Labute approximate surface area is 177 Å². The van der Waals surface area contributed by atoms with Gasteiger partial charge >= 0.3 is 6.36 Å². The van der Waals surface area contributed by atoms with Gasteiger partial charge in [0.15, 0.2) is 11.5 Å². The Balaban J connectivity index is 2.04. The summed E-state index contributed by atoms with van der Waals surface area (Å²) in [5.41, 5.74) is 2.25. The van der Waals surface area contributed by atoms with Crippen LogP contribution in [0.2, 0.25) is 0 Å². The number of nitrogens with zero attached hydrogens (tertiary/aromatic N) is 2. The maximum Gasteiger partial charge on any atom is 0.573 e. The number of carbonyl (C=O) groups is 1. The highest BCUT2D eigenvalue weighted by Gasteiger charge is 2.30. The third kappa shape index (κ3) is 7.85. The highest BCUT2D eigenvalue weighted by molar-refractivity contribution is 6.45. The van der Waals surface area contributed by atoms with Crippen LogP contribution in [0.1, 0.15) is 30.5 Å². The normalized spacial score (nSPS) is 11.9. The van der Waals surface area contributed by atoms with Gasteiger partial charge < -0.3 is 14.4 Å². The number of rotatable bonds is 7. The lowest BCUT2D eigenvalue weighted by atomic mass is 10.0. The lowest BCUT2D eigenvalue weighted by molar-refractivity contribution is -0.274. The maximum absolute atomic E-state index is 12.2. The van der Waals surface area contributed by atoms with E-state index in [1.807, 2.05) is 0 Å². The summed E-state index contributed by atoms with van der Waals surface area (Å²) in [6.45, 7) is 3.07. The second kappa shape index (κ2) is 10.8. The van der Waals surface area contributed by atoms with Gasteiger partial charge in [-0.1, -0.05) is 40.5 Å². The molecule has 0 aliphatic rings. The van der Waals surface area contributed by atoms with Crippen LogP contribution in [0.5, 0.6) is 5.75 Å². The summed E-state index contributed by atoms with van der Waals surface area (Å²) in [4.78, 5) is 21.9. The van der Waals surface area contributed by atoms with Gasteiger partial charge in [0, 0.05) is 23.6 Å². The molecule has 0 amide bonds. The molecule has 31 heavy (non-hydrogen) atoms. The SMILES string of the molecule is CO/N=C(/C(C)=O)c1ccccc1CO/N=C(\C)C#Cc1ccc(OC(F)(F)F)cc1. The lowest BCUT2D eigenvalue weighted by Crippen LogP contribution is -2.16. The fourth-order valence-electron chi connectivity index (χ4n) is 2.40. The largest absolute Gasteiger partial charge is 0.573 e. The molecule has 0 aliphatic carbocycles. The Morgan fingerprint density at radius 2 is 1.71 bits per heavy atom. The number of alkyl halides is 3. The summed E-state index contributed by atoms with van der Waals surface area (Å²) in [7, 11) is 1.35. The number of ketones is 1. The number of oxime groups is 2. The summed E-state index contributed by atoms with van der Waals surface area (Å²) in [6.07, 6.45) is -4.74. The summed E-state index contributed by atoms with van der Waals surface area (Å²) in [5.74, 6) is 4.93. The molecule has 0 aliphatic heterocycles. The first-order valence-corrected chi connectivity index (χ1v) is 8.94. The second-order valence-electron chi connectivity index (χ2n) is 6.11. The molecule has 0 spiro atoms. The summed E-state index contributed by atoms with van der Waals surface area (Å²) >= 11 is 0. The highest BCUT2D eigenvalue weighted by Crippen LogP contribution is 2.22. The van der Waals surface area contributed by atoms with Crippen molar-refractivity contribution in [2.24, 2.45) is 10.3 Å². The Morgan fingerprint density at radius 1 is 1.03 bits per heavy atom. The predicted octanol–water partition coefficient (Wildman–Crippen LogP) is 4.47. The van der Waals surface area contributed by atoms with Crippen LogP contribution in [0.4, 0.5) is 13.2 Å². The van der Waals surface area contributed by atoms with Gasteiger partial charge in [-0.3, -0.25) is 4.79 Å². The molecular formula is C22H19F3N2O4. The van der Waals surface area contributed by atoms with Crippen LogP contribution in [0.25, 0.3) is 0 Å². The van der Waals surface area contributed by atoms with E-state index >= 15 is 0 Å². The van der Waals surface area contributed by atoms with E-state index in [1.165, 1.54) is 38.3 Å². The molecule has 0 radical (unpaired) electrons. The molecule has 0 heterocycles. The van der Waals surface area contributed by atoms with E-state index in [0.29, 0.717) is 22.4 Å². The highest BCUT2D eigenvalue weighted by atomic mass is 19.4. The van der Waals surface area contributed by atoms with Gasteiger partial charge in [-0.15, -0.1) is 13.2 Å². The van der Waals surface area contributed by atoms with E-state index < -0.39 is 6.36 Å². The average molecular weight is 432 g/mol. The van der Waals surface area contributed by atoms with Crippen LogP contribution < -0.4 is 4.74 Å². The molecule has 2 aromatic carbocycles. The number of hydrogen-bond acceptors (Lipinski definition) is 6. The van der Waals surface area contributed by atoms with E-state index in [0.717, 1.165) is 0 Å². The Morgan fingerprint density at radius 3 is 2.32 bits per heavy atom. The van der Waals surface area contributed by atoms with Gasteiger partial charge in [0.2, 0.25) is 0 Å². The molecule has 0 N–H and O–H groups in total. The van der Waals surface area contributed by atoms with Crippen LogP contribution in [0.15, 0.2) is 58.8 Å². The van der Waals surface area contributed by atoms with Crippen LogP contribution in [0, 0.1) is 11.8 Å². The number of hydrogen-bond donors (Lipinski definition) is 0. The number of ether oxygens (including phenoxy) is 1. The molecule has 0 saturated carbocycles. The number of halogens is 3. The molecule has 2 aromatic rings. The minimum Gasteiger partial charge on any atom is -0.406 e. The van der Waals surface area contributed by atoms with Gasteiger partial charge in [0.1, 0.15) is 25.2 Å². The van der Waals surface area contributed by atoms with Crippen molar-refractivity contribution in [3.63, 3.8) is 0 Å². The molecule has 0 saturated heterocycles. The zero-order chi connectivity index (χ0) is 22.9. The summed E-state index contributed by atoms with van der Waals surface area (Å²) < 4.78 is 40.3. The van der Waals surface area contributed by atoms with Crippen molar-refractivity contribution in [1.29, 1.82) is 0 Å². The first-order chi connectivity index (χ1) is 14.7. The van der Waals surface area contributed by atoms with Crippen LogP contribution in [-0.4, -0.2) is 30.7 Å². The average Bonchev–Trinajstić information content (AvgIpc) is 2.71. The first-order valence-electron chi connectivity index (χ1n) is 8.94. The van der Waals surface area contributed by atoms with E-state index in [9.17, 15) is 18.0 Å². The minimum absolute atomic E-state index is 0.0642. The monoisotopic (exact) mass is 432 g/mol. The summed E-state index contributed by atoms with van der Waals surface area (Å²) in [5, 5.41) is 7.67. The lowest BCUT2D eigenvalue weighted by Gasteiger charge is -2.08. The van der Waals surface area contributed by atoms with E-state index in [2.05, 4.69) is 26.9 Å². The molecule has 0 atom stereocenters. The predicted molar refractivity (Wildman–Crippen MR) is 109 cm³/mol. The Bertz CT molecular complexity index is 1030. The molecule has 0 aromatic heterocycles. The molecule has 162 valence electrons. The van der Waals surface area contributed by atoms with Crippen LogP contribution in [0.3, 0.4) is 0 Å². The van der Waals surface area contributed by atoms with Gasteiger partial charge in [-0.05, 0) is 37.1 Å². The van der Waals surface area contributed by atoms with Crippen molar-refractivity contribution in [2.75, 3.05) is 7.11 Å². The fraction of sp³-hybridized carbons (Fsp3) is 0.227. The quantitative estimate of drug-likeness (QED) is 0.368. The topological polar surface area (TPSA) is 69.5 Å². The molecule has 0 fully saturated rings. The Hall–Kier alpha value is -3.80. The third-order valence-electron chi connectivity index (χ3n) is 3.69. The maximum atomic E-state index is 12.2. The van der Waals surface area contributed by atoms with E-state index in [-0.39, 0.29) is 23.9 Å². The molecule has 9 heteroatoms. The zero-order valence-corrected chi connectivity index (χ0v) is 17.0. The molecule has 0 unspecified atom stereocenters. The van der Waals surface area contributed by atoms with Crippen LogP contribution in [-0.2, 0) is 21.1 Å². The smallest absolute Gasteiger partial charge is 0.406 e. The molecular weight excluding hydrogens is 413 g/mol. The summed E-state index contributed by atoms with van der Waals surface area (Å²) in [6, 6.07) is 12.2. The molecule has 2 rings (SSSR count). The number of Topliss-reactive ketones (excluding diaryl/α,β-unsaturated/α-hetero) is 1. The van der Waals surface area contributed by atoms with Crippen molar-refractivity contribution < 1.29 is 32.4 Å². The van der Waals surface area contributed by atoms with Crippen molar-refractivity contribution in [3.05, 3.63) is 65.2 Å². The molecule has 0 bridgehead atoms. The first kappa shape index (κ1) is 23.5. The fourth-order valence-corrected chi connectivity index (χ4v) is 2.40. The van der Waals surface area contributed by atoms with Gasteiger partial charge in [-0.25, -0.2) is 0 Å². The number of carbonyl (C=O) groups excluding carboxylic acids is 1. The van der Waals surface area contributed by atoms with Crippen LogP contribution >= 0.6 is 0 Å². The minimum atomic E-state index is -4.74. The van der Waals surface area contributed by atoms with Crippen molar-refractivity contribution in [1.82, 2.24) is 0 Å². The van der Waals surface area contributed by atoms with Crippen molar-refractivity contribution in [2.45, 2.75) is 26.8 Å². The number of benzene rings is 2. The third-order valence-corrected chi connectivity index (χ3v) is 3.69. The Kier molecular flexibility index (Phi) is 8.20. The van der Waals surface area contributed by atoms with Gasteiger partial charge in [0.05, 0.1) is 0 Å². The van der Waals surface area contributed by atoms with E-state index in [4.69, 9.17) is 9.68 Å². The van der Waals surface area contributed by atoms with E-state index in [1.54, 1.807) is 31.2 Å².